The molecule has 0 aliphatic carbocycles. The van der Waals surface area contributed by atoms with Gasteiger partial charge in [0.25, 0.3) is 0 Å². The van der Waals surface area contributed by atoms with E-state index in [4.69, 9.17) is 9.47 Å². The lowest BCUT2D eigenvalue weighted by Crippen LogP contribution is -2.58. The first-order chi connectivity index (χ1) is 16.8. The van der Waals surface area contributed by atoms with Crippen molar-refractivity contribution in [2.75, 3.05) is 13.2 Å². The van der Waals surface area contributed by atoms with Gasteiger partial charge in [0.15, 0.2) is 0 Å². The zero-order valence-electron chi connectivity index (χ0n) is 18.5. The molecule has 1 aromatic carbocycles. The van der Waals surface area contributed by atoms with Gasteiger partial charge in [-0.25, -0.2) is 9.97 Å². The zero-order chi connectivity index (χ0) is 25.1. The normalized spacial score (nSPS) is 35.0. The molecule has 2 aliphatic heterocycles. The molecule has 2 aliphatic rings. The number of aliphatic hydroxyl groups excluding tert-OH is 7. The fraction of sp³-hybridized carbons (Fsp3) is 0.500. The third-order valence-corrected chi connectivity index (χ3v) is 5.91. The van der Waals surface area contributed by atoms with Crippen LogP contribution in [0.2, 0.25) is 0 Å². The van der Waals surface area contributed by atoms with E-state index in [0.29, 0.717) is 16.5 Å². The van der Waals surface area contributed by atoms with E-state index in [9.17, 15) is 35.7 Å². The minimum Gasteiger partial charge on any atom is -0.394 e. The van der Waals surface area contributed by atoms with Crippen LogP contribution in [0.4, 0.5) is 0 Å². The van der Waals surface area contributed by atoms with Gasteiger partial charge in [0, 0.05) is 23.6 Å². The topological polar surface area (TPSA) is 186 Å². The first-order valence-corrected chi connectivity index (χ1v) is 11.0. The Morgan fingerprint density at radius 3 is 2.34 bits per heavy atom. The van der Waals surface area contributed by atoms with Gasteiger partial charge in [0.1, 0.15) is 42.7 Å². The summed E-state index contributed by atoms with van der Waals surface area (Å²) in [4.78, 5) is 8.50. The Kier molecular flexibility index (Phi) is 7.94. The number of nitrogens with zero attached hydrogens (tertiary/aromatic N) is 2. The van der Waals surface area contributed by atoms with Crippen molar-refractivity contribution in [3.05, 3.63) is 35.8 Å². The summed E-state index contributed by atoms with van der Waals surface area (Å²) in [5, 5.41) is 69.0. The van der Waals surface area contributed by atoms with Crippen molar-refractivity contribution >= 4 is 10.9 Å². The maximum absolute atomic E-state index is 10.1. The van der Waals surface area contributed by atoms with E-state index >= 15 is 0 Å². The SMILES string of the molecule is OCC1CC(O)C(O)C(C#Cc2ccc3nc(C#CC4OC(CO)C(O)C(O)C4O)ncc3c2)O1. The van der Waals surface area contributed by atoms with Crippen molar-refractivity contribution in [3.63, 3.8) is 0 Å². The minimum absolute atomic E-state index is 0.130. The van der Waals surface area contributed by atoms with Gasteiger partial charge in [-0.15, -0.1) is 0 Å². The largest absolute Gasteiger partial charge is 0.394 e. The second-order valence-corrected chi connectivity index (χ2v) is 8.41. The van der Waals surface area contributed by atoms with Crippen LogP contribution in [0.3, 0.4) is 0 Å². The molecule has 11 heteroatoms. The van der Waals surface area contributed by atoms with Crippen LogP contribution in [-0.4, -0.2) is 114 Å². The van der Waals surface area contributed by atoms with Crippen LogP contribution in [0.1, 0.15) is 17.8 Å². The number of aliphatic hydroxyl groups is 7. The van der Waals surface area contributed by atoms with Gasteiger partial charge < -0.3 is 45.2 Å². The Hall–Kier alpha value is -2.68. The highest BCUT2D eigenvalue weighted by molar-refractivity contribution is 5.79. The van der Waals surface area contributed by atoms with Gasteiger partial charge in [-0.2, -0.15) is 0 Å². The average molecular weight is 486 g/mol. The standard InChI is InChI=1S/C24H26N2O9/c27-10-14-8-16(29)21(30)17(34-14)4-2-12-1-3-15-13(7-12)9-25-20(26-15)6-5-18-22(31)24(33)23(32)19(11-28)35-18/h1,3,7,9,14,16-19,21-24,27-33H,8,10-11H2. The molecule has 9 unspecified atom stereocenters. The molecule has 0 saturated carbocycles. The van der Waals surface area contributed by atoms with Gasteiger partial charge in [0.05, 0.1) is 30.9 Å². The van der Waals surface area contributed by atoms with E-state index in [1.165, 1.54) is 6.20 Å². The zero-order valence-corrected chi connectivity index (χ0v) is 18.5. The van der Waals surface area contributed by atoms with Crippen LogP contribution in [-0.2, 0) is 9.47 Å². The average Bonchev–Trinajstić information content (AvgIpc) is 2.87. The molecule has 35 heavy (non-hydrogen) atoms. The van der Waals surface area contributed by atoms with Gasteiger partial charge in [-0.05, 0) is 24.1 Å². The number of fused-ring (bicyclic) bond motifs is 1. The Morgan fingerprint density at radius 1 is 0.857 bits per heavy atom. The molecule has 0 bridgehead atoms. The monoisotopic (exact) mass is 486 g/mol. The third kappa shape index (κ3) is 5.60. The van der Waals surface area contributed by atoms with Gasteiger partial charge in [-0.1, -0.05) is 17.8 Å². The summed E-state index contributed by atoms with van der Waals surface area (Å²) in [7, 11) is 0. The van der Waals surface area contributed by atoms with Crippen LogP contribution in [0.15, 0.2) is 24.4 Å². The van der Waals surface area contributed by atoms with Crippen molar-refractivity contribution in [3.8, 4) is 23.7 Å². The molecule has 11 nitrogen and oxygen atoms in total. The smallest absolute Gasteiger partial charge is 0.205 e. The van der Waals surface area contributed by atoms with E-state index in [1.54, 1.807) is 18.2 Å². The first-order valence-electron chi connectivity index (χ1n) is 11.0. The van der Waals surface area contributed by atoms with Crippen LogP contribution in [0.25, 0.3) is 10.9 Å². The number of aromatic nitrogens is 2. The predicted molar refractivity (Wildman–Crippen MR) is 119 cm³/mol. The highest BCUT2D eigenvalue weighted by Gasteiger charge is 2.42. The summed E-state index contributed by atoms with van der Waals surface area (Å²) in [5.41, 5.74) is 1.16. The molecule has 4 rings (SSSR count). The van der Waals surface area contributed by atoms with Crippen LogP contribution < -0.4 is 0 Å². The number of hydrogen-bond donors (Lipinski definition) is 7. The number of rotatable bonds is 2. The van der Waals surface area contributed by atoms with Crippen molar-refractivity contribution in [2.24, 2.45) is 0 Å². The van der Waals surface area contributed by atoms with Crippen molar-refractivity contribution in [1.82, 2.24) is 9.97 Å². The molecule has 1 aromatic heterocycles. The summed E-state index contributed by atoms with van der Waals surface area (Å²) < 4.78 is 10.9. The molecule has 186 valence electrons. The lowest BCUT2D eigenvalue weighted by molar-refractivity contribution is -0.214. The number of benzene rings is 1. The van der Waals surface area contributed by atoms with Gasteiger partial charge >= 0.3 is 0 Å². The van der Waals surface area contributed by atoms with Crippen molar-refractivity contribution in [2.45, 2.75) is 61.4 Å². The molecule has 3 heterocycles. The molecule has 2 saturated heterocycles. The number of hydrogen-bond acceptors (Lipinski definition) is 11. The fourth-order valence-corrected chi connectivity index (χ4v) is 3.87. The van der Waals surface area contributed by atoms with Crippen molar-refractivity contribution < 1.29 is 45.2 Å². The molecule has 0 radical (unpaired) electrons. The number of ether oxygens (including phenoxy) is 2. The summed E-state index contributed by atoms with van der Waals surface area (Å²) >= 11 is 0. The summed E-state index contributed by atoms with van der Waals surface area (Å²) in [6, 6.07) is 5.13. The molecule has 2 fully saturated rings. The Labute approximate surface area is 200 Å². The van der Waals surface area contributed by atoms with E-state index < -0.39 is 61.5 Å². The van der Waals surface area contributed by atoms with Gasteiger partial charge in [0.2, 0.25) is 5.82 Å². The first kappa shape index (κ1) is 25.4. The maximum Gasteiger partial charge on any atom is 0.205 e. The highest BCUT2D eigenvalue weighted by atomic mass is 16.5. The van der Waals surface area contributed by atoms with E-state index in [1.807, 2.05) is 0 Å². The van der Waals surface area contributed by atoms with Gasteiger partial charge in [-0.3, -0.25) is 0 Å². The Balaban J connectivity index is 1.50. The minimum atomic E-state index is -1.52. The molecule has 2 aromatic rings. The van der Waals surface area contributed by atoms with E-state index in [-0.39, 0.29) is 18.9 Å². The lowest BCUT2D eigenvalue weighted by atomic mass is 9.95. The third-order valence-electron chi connectivity index (χ3n) is 5.91. The Bertz CT molecular complexity index is 1170. The predicted octanol–water partition coefficient (Wildman–Crippen LogP) is -2.95. The van der Waals surface area contributed by atoms with E-state index in [0.717, 1.165) is 0 Å². The van der Waals surface area contributed by atoms with Crippen LogP contribution in [0, 0.1) is 23.7 Å². The molecule has 0 amide bonds. The molecular weight excluding hydrogens is 460 g/mol. The Morgan fingerprint density at radius 2 is 1.60 bits per heavy atom. The fourth-order valence-electron chi connectivity index (χ4n) is 3.87. The van der Waals surface area contributed by atoms with Crippen molar-refractivity contribution in [1.29, 1.82) is 0 Å². The van der Waals surface area contributed by atoms with E-state index in [2.05, 4.69) is 33.6 Å². The highest BCUT2D eigenvalue weighted by Crippen LogP contribution is 2.22. The molecule has 9 atom stereocenters. The summed E-state index contributed by atoms with van der Waals surface area (Å²) in [6.07, 6.45) is -8.75. The maximum atomic E-state index is 10.1. The second kappa shape index (κ2) is 10.9. The summed E-state index contributed by atoms with van der Waals surface area (Å²) in [5.74, 6) is 11.1. The molecule has 0 spiro atoms. The summed E-state index contributed by atoms with van der Waals surface area (Å²) in [6.45, 7) is -0.827. The quantitative estimate of drug-likeness (QED) is 0.215. The molecule has 7 N–H and O–H groups in total. The molecular formula is C24H26N2O9. The lowest BCUT2D eigenvalue weighted by Gasteiger charge is -2.37. The van der Waals surface area contributed by atoms with Crippen LogP contribution >= 0.6 is 0 Å². The second-order valence-electron chi connectivity index (χ2n) is 8.41. The van der Waals surface area contributed by atoms with Crippen LogP contribution in [0.5, 0.6) is 0 Å².